The standard InChI is InChI=1S/C9H9BrClN/c10-8-4-5-9(12-7-8)3-1-2-6-11/h1,3-5,7H,2,6H2. The zero-order chi connectivity index (χ0) is 8.81. The van der Waals surface area contributed by atoms with Gasteiger partial charge in [0, 0.05) is 16.5 Å². The van der Waals surface area contributed by atoms with Crippen molar-refractivity contribution in [2.24, 2.45) is 0 Å². The first-order valence-corrected chi connectivity index (χ1v) is 5.00. The van der Waals surface area contributed by atoms with Crippen molar-refractivity contribution in [3.8, 4) is 0 Å². The van der Waals surface area contributed by atoms with Crippen LogP contribution in [0.5, 0.6) is 0 Å². The number of rotatable bonds is 3. The summed E-state index contributed by atoms with van der Waals surface area (Å²) in [6.07, 6.45) is 6.65. The van der Waals surface area contributed by atoms with Gasteiger partial charge in [-0.2, -0.15) is 0 Å². The molecule has 0 spiro atoms. The molecule has 12 heavy (non-hydrogen) atoms. The van der Waals surface area contributed by atoms with Crippen LogP contribution in [0.1, 0.15) is 12.1 Å². The van der Waals surface area contributed by atoms with Crippen molar-refractivity contribution < 1.29 is 0 Å². The Morgan fingerprint density at radius 1 is 1.50 bits per heavy atom. The molecule has 3 heteroatoms. The summed E-state index contributed by atoms with van der Waals surface area (Å²) in [5.41, 5.74) is 0.961. The Labute approximate surface area is 85.6 Å². The molecule has 0 fully saturated rings. The minimum Gasteiger partial charge on any atom is -0.256 e. The van der Waals surface area contributed by atoms with Crippen molar-refractivity contribution in [1.29, 1.82) is 0 Å². The molecular weight excluding hydrogens is 237 g/mol. The third kappa shape index (κ3) is 3.37. The number of hydrogen-bond acceptors (Lipinski definition) is 1. The van der Waals surface area contributed by atoms with Gasteiger partial charge in [-0.05, 0) is 40.6 Å². The van der Waals surface area contributed by atoms with Crippen LogP contribution in [0.25, 0.3) is 6.08 Å². The number of nitrogens with zero attached hydrogens (tertiary/aromatic N) is 1. The molecule has 1 rings (SSSR count). The van der Waals surface area contributed by atoms with Gasteiger partial charge in [-0.15, -0.1) is 11.6 Å². The van der Waals surface area contributed by atoms with Gasteiger partial charge in [0.05, 0.1) is 5.69 Å². The fourth-order valence-electron chi connectivity index (χ4n) is 0.753. The summed E-state index contributed by atoms with van der Waals surface area (Å²) in [5.74, 6) is 0.660. The Hall–Kier alpha value is -0.340. The highest BCUT2D eigenvalue weighted by molar-refractivity contribution is 9.10. The maximum absolute atomic E-state index is 5.51. The highest BCUT2D eigenvalue weighted by Gasteiger charge is 1.87. The molecule has 1 aromatic rings. The SMILES string of the molecule is ClCCC=Cc1ccc(Br)cn1. The molecule has 0 amide bonds. The van der Waals surface area contributed by atoms with E-state index >= 15 is 0 Å². The van der Waals surface area contributed by atoms with E-state index in [2.05, 4.69) is 20.9 Å². The topological polar surface area (TPSA) is 12.9 Å². The summed E-state index contributed by atoms with van der Waals surface area (Å²) in [5, 5.41) is 0. The van der Waals surface area contributed by atoms with E-state index in [1.165, 1.54) is 0 Å². The van der Waals surface area contributed by atoms with Crippen molar-refractivity contribution in [1.82, 2.24) is 4.98 Å². The third-order valence-electron chi connectivity index (χ3n) is 1.31. The van der Waals surface area contributed by atoms with Gasteiger partial charge in [-0.1, -0.05) is 6.08 Å². The number of pyridine rings is 1. The first-order chi connectivity index (χ1) is 5.83. The monoisotopic (exact) mass is 245 g/mol. The summed E-state index contributed by atoms with van der Waals surface area (Å²) >= 11 is 8.83. The lowest BCUT2D eigenvalue weighted by Crippen LogP contribution is -1.78. The first-order valence-electron chi connectivity index (χ1n) is 3.67. The second-order valence-corrected chi connectivity index (χ2v) is 3.57. The molecule has 0 N–H and O–H groups in total. The van der Waals surface area contributed by atoms with Crippen molar-refractivity contribution in [3.63, 3.8) is 0 Å². The second kappa shape index (κ2) is 5.33. The van der Waals surface area contributed by atoms with E-state index in [0.29, 0.717) is 5.88 Å². The molecule has 0 radical (unpaired) electrons. The van der Waals surface area contributed by atoms with Crippen LogP contribution in [-0.4, -0.2) is 10.9 Å². The molecule has 0 aromatic carbocycles. The molecule has 0 aliphatic rings. The van der Waals surface area contributed by atoms with Crippen LogP contribution < -0.4 is 0 Å². The molecule has 0 aliphatic heterocycles. The smallest absolute Gasteiger partial charge is 0.0627 e. The van der Waals surface area contributed by atoms with Crippen LogP contribution in [0.3, 0.4) is 0 Å². The van der Waals surface area contributed by atoms with Crippen molar-refractivity contribution >= 4 is 33.6 Å². The van der Waals surface area contributed by atoms with Crippen LogP contribution in [0.2, 0.25) is 0 Å². The largest absolute Gasteiger partial charge is 0.256 e. The maximum Gasteiger partial charge on any atom is 0.0627 e. The first kappa shape index (κ1) is 9.75. The van der Waals surface area contributed by atoms with Gasteiger partial charge in [0.1, 0.15) is 0 Å². The molecule has 0 saturated carbocycles. The van der Waals surface area contributed by atoms with Gasteiger partial charge in [-0.25, -0.2) is 0 Å². The molecule has 0 aliphatic carbocycles. The molecule has 1 heterocycles. The van der Waals surface area contributed by atoms with E-state index in [1.807, 2.05) is 24.3 Å². The van der Waals surface area contributed by atoms with E-state index in [-0.39, 0.29) is 0 Å². The van der Waals surface area contributed by atoms with Crippen LogP contribution in [0.15, 0.2) is 28.9 Å². The molecule has 0 saturated heterocycles. The van der Waals surface area contributed by atoms with E-state index in [9.17, 15) is 0 Å². The highest BCUT2D eigenvalue weighted by Crippen LogP contribution is 2.08. The van der Waals surface area contributed by atoms with Crippen LogP contribution in [0.4, 0.5) is 0 Å². The van der Waals surface area contributed by atoms with Gasteiger partial charge in [0.2, 0.25) is 0 Å². The van der Waals surface area contributed by atoms with E-state index in [1.54, 1.807) is 6.20 Å². The summed E-state index contributed by atoms with van der Waals surface area (Å²) in [7, 11) is 0. The van der Waals surface area contributed by atoms with Gasteiger partial charge in [-0.3, -0.25) is 4.98 Å². The van der Waals surface area contributed by atoms with Gasteiger partial charge >= 0.3 is 0 Å². The predicted molar refractivity (Wildman–Crippen MR) is 56.3 cm³/mol. The quantitative estimate of drug-likeness (QED) is 0.744. The molecule has 0 bridgehead atoms. The lowest BCUT2D eigenvalue weighted by atomic mass is 10.3. The Kier molecular flexibility index (Phi) is 4.33. The lowest BCUT2D eigenvalue weighted by Gasteiger charge is -1.91. The molecular formula is C9H9BrClN. The number of alkyl halides is 1. The van der Waals surface area contributed by atoms with E-state index in [0.717, 1.165) is 16.6 Å². The van der Waals surface area contributed by atoms with E-state index < -0.39 is 0 Å². The summed E-state index contributed by atoms with van der Waals surface area (Å²) in [4.78, 5) is 4.17. The molecule has 1 aromatic heterocycles. The molecule has 1 nitrogen and oxygen atoms in total. The normalized spacial score (nSPS) is 10.8. The second-order valence-electron chi connectivity index (χ2n) is 2.28. The van der Waals surface area contributed by atoms with Crippen LogP contribution in [-0.2, 0) is 0 Å². The van der Waals surface area contributed by atoms with Gasteiger partial charge < -0.3 is 0 Å². The number of hydrogen-bond donors (Lipinski definition) is 0. The third-order valence-corrected chi connectivity index (χ3v) is 2.00. The average Bonchev–Trinajstić information content (AvgIpc) is 2.09. The Morgan fingerprint density at radius 2 is 2.33 bits per heavy atom. The summed E-state index contributed by atoms with van der Waals surface area (Å²) in [6.45, 7) is 0. The molecule has 0 unspecified atom stereocenters. The maximum atomic E-state index is 5.51. The molecule has 64 valence electrons. The summed E-state index contributed by atoms with van der Waals surface area (Å²) < 4.78 is 0.997. The van der Waals surface area contributed by atoms with Crippen LogP contribution >= 0.6 is 27.5 Å². The summed E-state index contributed by atoms with van der Waals surface area (Å²) in [6, 6.07) is 3.92. The number of halogens is 2. The zero-order valence-electron chi connectivity index (χ0n) is 6.50. The highest BCUT2D eigenvalue weighted by atomic mass is 79.9. The van der Waals surface area contributed by atoms with Crippen molar-refractivity contribution in [3.05, 3.63) is 34.6 Å². The average molecular weight is 247 g/mol. The van der Waals surface area contributed by atoms with Gasteiger partial charge in [0.15, 0.2) is 0 Å². The zero-order valence-corrected chi connectivity index (χ0v) is 8.85. The number of aromatic nitrogens is 1. The Balaban J connectivity index is 2.58. The lowest BCUT2D eigenvalue weighted by molar-refractivity contribution is 1.23. The minimum absolute atomic E-state index is 0.660. The van der Waals surface area contributed by atoms with Gasteiger partial charge in [0.25, 0.3) is 0 Å². The number of allylic oxidation sites excluding steroid dienone is 1. The van der Waals surface area contributed by atoms with Crippen molar-refractivity contribution in [2.45, 2.75) is 6.42 Å². The predicted octanol–water partition coefficient (Wildman–Crippen LogP) is 3.49. The fraction of sp³-hybridized carbons (Fsp3) is 0.222. The Morgan fingerprint density at radius 3 is 2.92 bits per heavy atom. The Bertz CT molecular complexity index is 256. The molecule has 0 atom stereocenters. The minimum atomic E-state index is 0.660. The van der Waals surface area contributed by atoms with Crippen molar-refractivity contribution in [2.75, 3.05) is 5.88 Å². The van der Waals surface area contributed by atoms with Crippen LogP contribution in [0, 0.1) is 0 Å². The fourth-order valence-corrected chi connectivity index (χ4v) is 1.11. The van der Waals surface area contributed by atoms with E-state index in [4.69, 9.17) is 11.6 Å².